The monoisotopic (exact) mass is 429 g/mol. The zero-order valence-electron chi connectivity index (χ0n) is 19.0. The van der Waals surface area contributed by atoms with E-state index in [1.165, 1.54) is 75.6 Å². The number of amides is 2. The summed E-state index contributed by atoms with van der Waals surface area (Å²) in [5.41, 5.74) is 0.549. The molecule has 0 radical (unpaired) electrons. The predicted molar refractivity (Wildman–Crippen MR) is 129 cm³/mol. The Morgan fingerprint density at radius 2 is 1.45 bits per heavy atom. The molecule has 0 saturated carbocycles. The lowest BCUT2D eigenvalue weighted by Crippen LogP contribution is -2.29. The maximum Gasteiger partial charge on any atom is 0.319 e. The molecule has 0 unspecified atom stereocenters. The van der Waals surface area contributed by atoms with E-state index in [0.29, 0.717) is 12.2 Å². The van der Waals surface area contributed by atoms with Crippen LogP contribution in [0.25, 0.3) is 0 Å². The maximum atomic E-state index is 11.8. The molecule has 0 aromatic heterocycles. The Morgan fingerprint density at radius 1 is 0.871 bits per heavy atom. The molecule has 6 heteroatoms. The van der Waals surface area contributed by atoms with Gasteiger partial charge in [-0.2, -0.15) is 0 Å². The van der Waals surface area contributed by atoms with Gasteiger partial charge in [-0.3, -0.25) is 10.1 Å². The zero-order chi connectivity index (χ0) is 22.6. The summed E-state index contributed by atoms with van der Waals surface area (Å²) in [5, 5.41) is 16.1. The number of non-ortho nitro benzene ring substituents is 1. The molecule has 2 amide bonds. The van der Waals surface area contributed by atoms with Crippen LogP contribution in [0.3, 0.4) is 0 Å². The lowest BCUT2D eigenvalue weighted by Gasteiger charge is -2.07. The third kappa shape index (κ3) is 14.9. The van der Waals surface area contributed by atoms with E-state index in [0.717, 1.165) is 25.7 Å². The SMILES string of the molecule is CCCCC/C=C\C/C=C/CCCCCCCCNC(=O)Nc1ccc([N+](=O)[O-])cc1. The number of hydrogen-bond donors (Lipinski definition) is 2. The van der Waals surface area contributed by atoms with Crippen molar-refractivity contribution in [1.29, 1.82) is 0 Å². The molecule has 0 bridgehead atoms. The number of hydrogen-bond acceptors (Lipinski definition) is 3. The predicted octanol–water partition coefficient (Wildman–Crippen LogP) is 7.53. The van der Waals surface area contributed by atoms with Crippen LogP contribution in [-0.2, 0) is 0 Å². The zero-order valence-corrected chi connectivity index (χ0v) is 19.0. The van der Waals surface area contributed by atoms with E-state index in [2.05, 4.69) is 41.9 Å². The third-order valence-electron chi connectivity index (χ3n) is 5.00. The molecule has 1 aromatic rings. The molecule has 0 heterocycles. The summed E-state index contributed by atoms with van der Waals surface area (Å²) >= 11 is 0. The molecular formula is C25H39N3O3. The highest BCUT2D eigenvalue weighted by Gasteiger charge is 2.05. The molecule has 0 atom stereocenters. The average molecular weight is 430 g/mol. The van der Waals surface area contributed by atoms with Crippen molar-refractivity contribution in [2.45, 2.75) is 84.0 Å². The van der Waals surface area contributed by atoms with Crippen LogP contribution < -0.4 is 10.6 Å². The van der Waals surface area contributed by atoms with E-state index < -0.39 is 4.92 Å². The molecular weight excluding hydrogens is 390 g/mol. The molecule has 6 nitrogen and oxygen atoms in total. The van der Waals surface area contributed by atoms with Crippen molar-refractivity contribution in [3.05, 3.63) is 58.7 Å². The van der Waals surface area contributed by atoms with E-state index in [-0.39, 0.29) is 11.7 Å². The molecule has 2 N–H and O–H groups in total. The second kappa shape index (κ2) is 18.2. The van der Waals surface area contributed by atoms with Crippen molar-refractivity contribution in [2.75, 3.05) is 11.9 Å². The number of benzene rings is 1. The molecule has 0 fully saturated rings. The molecule has 0 saturated heterocycles. The van der Waals surface area contributed by atoms with E-state index in [1.54, 1.807) is 0 Å². The molecule has 0 aliphatic heterocycles. The molecule has 0 spiro atoms. The Morgan fingerprint density at radius 3 is 2.06 bits per heavy atom. The van der Waals surface area contributed by atoms with Crippen molar-refractivity contribution in [2.24, 2.45) is 0 Å². The minimum absolute atomic E-state index is 0.00676. The number of nitro groups is 1. The Hall–Kier alpha value is -2.63. The highest BCUT2D eigenvalue weighted by molar-refractivity contribution is 5.89. The lowest BCUT2D eigenvalue weighted by molar-refractivity contribution is -0.384. The van der Waals surface area contributed by atoms with E-state index in [4.69, 9.17) is 0 Å². The number of nitro benzene ring substituents is 1. The summed E-state index contributed by atoms with van der Waals surface area (Å²) in [4.78, 5) is 22.0. The molecule has 31 heavy (non-hydrogen) atoms. The first-order valence-electron chi connectivity index (χ1n) is 11.7. The van der Waals surface area contributed by atoms with Crippen LogP contribution in [0.15, 0.2) is 48.6 Å². The second-order valence-corrected chi connectivity index (χ2v) is 7.77. The largest absolute Gasteiger partial charge is 0.338 e. The number of carbonyl (C=O) groups is 1. The normalized spacial score (nSPS) is 11.3. The summed E-state index contributed by atoms with van der Waals surface area (Å²) < 4.78 is 0. The quantitative estimate of drug-likeness (QED) is 0.116. The van der Waals surface area contributed by atoms with Gasteiger partial charge in [-0.05, 0) is 50.7 Å². The number of rotatable bonds is 17. The summed E-state index contributed by atoms with van der Waals surface area (Å²) in [6.07, 6.45) is 23.5. The smallest absolute Gasteiger partial charge is 0.319 e. The number of nitrogens with zero attached hydrogens (tertiary/aromatic N) is 1. The number of carbonyl (C=O) groups excluding carboxylic acids is 1. The summed E-state index contributed by atoms with van der Waals surface area (Å²) in [7, 11) is 0. The standard InChI is InChI=1S/C25H39N3O3/c1-2-3-4-5-6-7-8-9-10-11-12-13-14-15-16-17-22-26-25(29)27-23-18-20-24(21-19-23)28(30)31/h6-7,9-10,18-21H,2-5,8,11-17,22H2,1H3,(H2,26,27,29)/b7-6-,10-9+. The molecule has 0 aliphatic carbocycles. The number of anilines is 1. The fraction of sp³-hybridized carbons (Fsp3) is 0.560. The first-order chi connectivity index (χ1) is 15.1. The Bertz CT molecular complexity index is 669. The van der Waals surface area contributed by atoms with Gasteiger partial charge in [0.25, 0.3) is 5.69 Å². The van der Waals surface area contributed by atoms with Crippen molar-refractivity contribution in [3.8, 4) is 0 Å². The first-order valence-corrected chi connectivity index (χ1v) is 11.7. The van der Waals surface area contributed by atoms with E-state index in [1.807, 2.05) is 0 Å². The average Bonchev–Trinajstić information content (AvgIpc) is 2.76. The van der Waals surface area contributed by atoms with Crippen LogP contribution >= 0.6 is 0 Å². The molecule has 1 rings (SSSR count). The Balaban J connectivity index is 1.91. The van der Waals surface area contributed by atoms with Gasteiger partial charge in [0.15, 0.2) is 0 Å². The van der Waals surface area contributed by atoms with Crippen LogP contribution in [0, 0.1) is 10.1 Å². The van der Waals surface area contributed by atoms with Crippen molar-refractivity contribution in [3.63, 3.8) is 0 Å². The van der Waals surface area contributed by atoms with Gasteiger partial charge in [0.1, 0.15) is 0 Å². The lowest BCUT2D eigenvalue weighted by atomic mass is 10.1. The van der Waals surface area contributed by atoms with Gasteiger partial charge in [0, 0.05) is 24.4 Å². The minimum Gasteiger partial charge on any atom is -0.338 e. The fourth-order valence-corrected chi connectivity index (χ4v) is 3.16. The van der Waals surface area contributed by atoms with E-state index >= 15 is 0 Å². The van der Waals surface area contributed by atoms with Gasteiger partial charge in [0.2, 0.25) is 0 Å². The number of nitrogens with one attached hydrogen (secondary N) is 2. The van der Waals surface area contributed by atoms with Crippen LogP contribution in [0.2, 0.25) is 0 Å². The summed E-state index contributed by atoms with van der Waals surface area (Å²) in [6.45, 7) is 2.87. The van der Waals surface area contributed by atoms with Crippen molar-refractivity contribution in [1.82, 2.24) is 5.32 Å². The molecule has 172 valence electrons. The fourth-order valence-electron chi connectivity index (χ4n) is 3.16. The van der Waals surface area contributed by atoms with Gasteiger partial charge < -0.3 is 10.6 Å². The minimum atomic E-state index is -0.463. The molecule has 1 aromatic carbocycles. The van der Waals surface area contributed by atoms with Crippen LogP contribution in [0.4, 0.5) is 16.2 Å². The van der Waals surface area contributed by atoms with Gasteiger partial charge in [-0.1, -0.05) is 69.8 Å². The topological polar surface area (TPSA) is 84.3 Å². The third-order valence-corrected chi connectivity index (χ3v) is 5.00. The summed E-state index contributed by atoms with van der Waals surface area (Å²) in [6, 6.07) is 5.52. The highest BCUT2D eigenvalue weighted by Crippen LogP contribution is 2.15. The van der Waals surface area contributed by atoms with Crippen molar-refractivity contribution < 1.29 is 9.72 Å². The van der Waals surface area contributed by atoms with Crippen molar-refractivity contribution >= 4 is 17.4 Å². The highest BCUT2D eigenvalue weighted by atomic mass is 16.6. The van der Waals surface area contributed by atoms with E-state index in [9.17, 15) is 14.9 Å². The second-order valence-electron chi connectivity index (χ2n) is 7.77. The number of urea groups is 1. The van der Waals surface area contributed by atoms with Gasteiger partial charge in [-0.25, -0.2) is 4.79 Å². The number of allylic oxidation sites excluding steroid dienone is 4. The van der Waals surface area contributed by atoms with Gasteiger partial charge >= 0.3 is 6.03 Å². The van der Waals surface area contributed by atoms with Crippen LogP contribution in [-0.4, -0.2) is 17.5 Å². The van der Waals surface area contributed by atoms with Gasteiger partial charge in [0.05, 0.1) is 4.92 Å². The molecule has 0 aliphatic rings. The number of unbranched alkanes of at least 4 members (excludes halogenated alkanes) is 9. The van der Waals surface area contributed by atoms with Crippen LogP contribution in [0.1, 0.15) is 84.0 Å². The Kier molecular flexibility index (Phi) is 15.5. The van der Waals surface area contributed by atoms with Crippen LogP contribution in [0.5, 0.6) is 0 Å². The Labute approximate surface area is 187 Å². The summed E-state index contributed by atoms with van der Waals surface area (Å²) in [5.74, 6) is 0. The van der Waals surface area contributed by atoms with Gasteiger partial charge in [-0.15, -0.1) is 0 Å². The first kappa shape index (κ1) is 26.4. The maximum absolute atomic E-state index is 11.8.